The Bertz CT molecular complexity index is 511. The van der Waals surface area contributed by atoms with E-state index in [-0.39, 0.29) is 5.91 Å². The molecule has 5 heteroatoms. The lowest BCUT2D eigenvalue weighted by atomic mass is 10.3. The highest BCUT2D eigenvalue weighted by Gasteiger charge is 2.04. The first-order valence-electron chi connectivity index (χ1n) is 5.56. The van der Waals surface area contributed by atoms with Gasteiger partial charge in [0.25, 0.3) is 5.91 Å². The largest absolute Gasteiger partial charge is 0.492 e. The average Bonchev–Trinajstić information content (AvgIpc) is 2.88. The zero-order valence-corrected chi connectivity index (χ0v) is 10.6. The Balaban J connectivity index is 1.72. The number of rotatable bonds is 5. The van der Waals surface area contributed by atoms with Crippen LogP contribution in [0.5, 0.6) is 5.75 Å². The smallest absolute Gasteiger partial charge is 0.261 e. The van der Waals surface area contributed by atoms with Crippen LogP contribution in [0.4, 0.5) is 5.69 Å². The van der Waals surface area contributed by atoms with Crippen LogP contribution in [0.15, 0.2) is 41.8 Å². The Kier molecular flexibility index (Phi) is 4.20. The molecule has 0 saturated carbocycles. The summed E-state index contributed by atoms with van der Waals surface area (Å²) in [6.45, 7) is 0.881. The van der Waals surface area contributed by atoms with Gasteiger partial charge in [-0.3, -0.25) is 4.79 Å². The molecule has 18 heavy (non-hydrogen) atoms. The van der Waals surface area contributed by atoms with Crippen molar-refractivity contribution in [2.45, 2.75) is 0 Å². The summed E-state index contributed by atoms with van der Waals surface area (Å²) >= 11 is 1.42. The monoisotopic (exact) mass is 262 g/mol. The SMILES string of the molecule is Nc1cccc(OCCNC(=O)c2cccs2)c1. The summed E-state index contributed by atoms with van der Waals surface area (Å²) in [6, 6.07) is 10.8. The maximum Gasteiger partial charge on any atom is 0.261 e. The maximum absolute atomic E-state index is 11.6. The average molecular weight is 262 g/mol. The van der Waals surface area contributed by atoms with Crippen molar-refractivity contribution in [3.63, 3.8) is 0 Å². The normalized spacial score (nSPS) is 10.0. The number of carbonyl (C=O) groups excluding carboxylic acids is 1. The molecule has 1 aromatic heterocycles. The molecule has 4 nitrogen and oxygen atoms in total. The molecule has 0 saturated heterocycles. The first-order valence-corrected chi connectivity index (χ1v) is 6.44. The number of ether oxygens (including phenoxy) is 1. The molecule has 0 bridgehead atoms. The molecule has 2 rings (SSSR count). The number of benzene rings is 1. The molecule has 0 aliphatic carbocycles. The second-order valence-electron chi connectivity index (χ2n) is 3.65. The molecule has 0 aliphatic heterocycles. The van der Waals surface area contributed by atoms with Crippen LogP contribution in [0.25, 0.3) is 0 Å². The van der Waals surface area contributed by atoms with Gasteiger partial charge < -0.3 is 15.8 Å². The second kappa shape index (κ2) is 6.07. The van der Waals surface area contributed by atoms with E-state index in [2.05, 4.69) is 5.32 Å². The molecule has 3 N–H and O–H groups in total. The van der Waals surface area contributed by atoms with Gasteiger partial charge in [0, 0.05) is 11.8 Å². The van der Waals surface area contributed by atoms with Crippen LogP contribution in [0.2, 0.25) is 0 Å². The highest BCUT2D eigenvalue weighted by atomic mass is 32.1. The summed E-state index contributed by atoms with van der Waals surface area (Å²) in [7, 11) is 0. The lowest BCUT2D eigenvalue weighted by Gasteiger charge is -2.07. The van der Waals surface area contributed by atoms with E-state index in [1.54, 1.807) is 18.2 Å². The fourth-order valence-corrected chi connectivity index (χ4v) is 2.07. The summed E-state index contributed by atoms with van der Waals surface area (Å²) in [6.07, 6.45) is 0. The quantitative estimate of drug-likeness (QED) is 0.641. The van der Waals surface area contributed by atoms with Gasteiger partial charge in [0.1, 0.15) is 12.4 Å². The first-order chi connectivity index (χ1) is 8.75. The highest BCUT2D eigenvalue weighted by Crippen LogP contribution is 2.14. The number of hydrogen-bond donors (Lipinski definition) is 2. The Morgan fingerprint density at radius 2 is 2.22 bits per heavy atom. The molecule has 1 aromatic carbocycles. The molecule has 1 heterocycles. The van der Waals surface area contributed by atoms with Crippen molar-refractivity contribution >= 4 is 22.9 Å². The van der Waals surface area contributed by atoms with Crippen LogP contribution in [-0.2, 0) is 0 Å². The van der Waals surface area contributed by atoms with E-state index in [1.807, 2.05) is 23.6 Å². The topological polar surface area (TPSA) is 64.3 Å². The van der Waals surface area contributed by atoms with Crippen molar-refractivity contribution in [1.29, 1.82) is 0 Å². The molecule has 1 amide bonds. The van der Waals surface area contributed by atoms with Crippen LogP contribution in [0.1, 0.15) is 9.67 Å². The third-order valence-electron chi connectivity index (χ3n) is 2.26. The number of nitrogens with one attached hydrogen (secondary N) is 1. The molecule has 0 radical (unpaired) electrons. The van der Waals surface area contributed by atoms with Gasteiger partial charge in [0.05, 0.1) is 11.4 Å². The van der Waals surface area contributed by atoms with Gasteiger partial charge in [-0.2, -0.15) is 0 Å². The molecule has 2 aromatic rings. The molecule has 94 valence electrons. The lowest BCUT2D eigenvalue weighted by molar-refractivity contribution is 0.0951. The van der Waals surface area contributed by atoms with Gasteiger partial charge in [-0.05, 0) is 23.6 Å². The van der Waals surface area contributed by atoms with Crippen molar-refractivity contribution in [2.75, 3.05) is 18.9 Å². The fourth-order valence-electron chi connectivity index (χ4n) is 1.43. The lowest BCUT2D eigenvalue weighted by Crippen LogP contribution is -2.27. The second-order valence-corrected chi connectivity index (χ2v) is 4.60. The fraction of sp³-hybridized carbons (Fsp3) is 0.154. The van der Waals surface area contributed by atoms with Gasteiger partial charge in [0.2, 0.25) is 0 Å². The van der Waals surface area contributed by atoms with Crippen LogP contribution < -0.4 is 15.8 Å². The number of carbonyl (C=O) groups is 1. The number of amides is 1. The zero-order valence-electron chi connectivity index (χ0n) is 9.76. The van der Waals surface area contributed by atoms with Crippen molar-refractivity contribution in [3.05, 3.63) is 46.7 Å². The molecule has 0 spiro atoms. The predicted octanol–water partition coefficient (Wildman–Crippen LogP) is 2.14. The zero-order chi connectivity index (χ0) is 12.8. The van der Waals surface area contributed by atoms with E-state index in [9.17, 15) is 4.79 Å². The number of thiophene rings is 1. The minimum Gasteiger partial charge on any atom is -0.492 e. The molecular weight excluding hydrogens is 248 g/mol. The molecule has 0 aliphatic rings. The van der Waals surface area contributed by atoms with E-state index in [0.717, 1.165) is 0 Å². The van der Waals surface area contributed by atoms with Crippen molar-refractivity contribution in [3.8, 4) is 5.75 Å². The van der Waals surface area contributed by atoms with Gasteiger partial charge in [0.15, 0.2) is 0 Å². The summed E-state index contributed by atoms with van der Waals surface area (Å²) in [5, 5.41) is 4.66. The molecule has 0 unspecified atom stereocenters. The minimum absolute atomic E-state index is 0.0684. The molecule has 0 atom stereocenters. The summed E-state index contributed by atoms with van der Waals surface area (Å²) in [5.74, 6) is 0.640. The van der Waals surface area contributed by atoms with Gasteiger partial charge in [-0.25, -0.2) is 0 Å². The molecule has 0 fully saturated rings. The number of nitrogens with two attached hydrogens (primary N) is 1. The highest BCUT2D eigenvalue weighted by molar-refractivity contribution is 7.12. The summed E-state index contributed by atoms with van der Waals surface area (Å²) in [5.41, 5.74) is 6.29. The van der Waals surface area contributed by atoms with Gasteiger partial charge in [-0.15, -0.1) is 11.3 Å². The number of hydrogen-bond acceptors (Lipinski definition) is 4. The summed E-state index contributed by atoms with van der Waals surface area (Å²) < 4.78 is 5.46. The van der Waals surface area contributed by atoms with Crippen LogP contribution in [0, 0.1) is 0 Å². The Hall–Kier alpha value is -2.01. The Morgan fingerprint density at radius 3 is 2.94 bits per heavy atom. The van der Waals surface area contributed by atoms with Gasteiger partial charge in [-0.1, -0.05) is 12.1 Å². The van der Waals surface area contributed by atoms with E-state index >= 15 is 0 Å². The minimum atomic E-state index is -0.0684. The van der Waals surface area contributed by atoms with E-state index in [4.69, 9.17) is 10.5 Å². The Morgan fingerprint density at radius 1 is 1.33 bits per heavy atom. The Labute approximate surface area is 109 Å². The van der Waals surface area contributed by atoms with Crippen LogP contribution >= 0.6 is 11.3 Å². The van der Waals surface area contributed by atoms with E-state index in [0.29, 0.717) is 29.5 Å². The van der Waals surface area contributed by atoms with Crippen molar-refractivity contribution in [1.82, 2.24) is 5.32 Å². The number of nitrogen functional groups attached to an aromatic ring is 1. The third-order valence-corrected chi connectivity index (χ3v) is 3.13. The van der Waals surface area contributed by atoms with Crippen LogP contribution in [-0.4, -0.2) is 19.1 Å². The standard InChI is InChI=1S/C13H14N2O2S/c14-10-3-1-4-11(9-10)17-7-6-15-13(16)12-5-2-8-18-12/h1-5,8-9H,6-7,14H2,(H,15,16). The van der Waals surface area contributed by atoms with Crippen molar-refractivity contribution < 1.29 is 9.53 Å². The summed E-state index contributed by atoms with van der Waals surface area (Å²) in [4.78, 5) is 12.3. The third kappa shape index (κ3) is 3.49. The van der Waals surface area contributed by atoms with Crippen molar-refractivity contribution in [2.24, 2.45) is 0 Å². The first kappa shape index (κ1) is 12.4. The van der Waals surface area contributed by atoms with E-state index < -0.39 is 0 Å². The van der Waals surface area contributed by atoms with Gasteiger partial charge >= 0.3 is 0 Å². The molecular formula is C13H14N2O2S. The van der Waals surface area contributed by atoms with Crippen LogP contribution in [0.3, 0.4) is 0 Å². The van der Waals surface area contributed by atoms with E-state index in [1.165, 1.54) is 11.3 Å². The predicted molar refractivity (Wildman–Crippen MR) is 73.0 cm³/mol. The number of anilines is 1. The maximum atomic E-state index is 11.6.